The van der Waals surface area contributed by atoms with Gasteiger partial charge in [0.15, 0.2) is 11.5 Å². The van der Waals surface area contributed by atoms with E-state index < -0.39 is 5.92 Å². The molecule has 1 atom stereocenters. The SMILES string of the molecule is Cc1nc(C[C@H](CCCN2CCCC(F)(F)C2)NC(=O)c2cc(-c3ccccc3Cl)n(C3CCCC3)n2)n[nH]1. The number of hydrogen-bond donors (Lipinski definition) is 2. The molecule has 5 rings (SSSR count). The van der Waals surface area contributed by atoms with Gasteiger partial charge in [-0.2, -0.15) is 10.2 Å². The number of carbonyl (C=O) groups is 1. The van der Waals surface area contributed by atoms with E-state index in [1.165, 1.54) is 0 Å². The molecule has 0 bridgehead atoms. The molecule has 11 heteroatoms. The third kappa shape index (κ3) is 7.03. The Balaban J connectivity index is 1.32. The molecule has 8 nitrogen and oxygen atoms in total. The minimum absolute atomic E-state index is 0.0456. The fourth-order valence-corrected chi connectivity index (χ4v) is 6.02. The minimum Gasteiger partial charge on any atom is -0.347 e. The van der Waals surface area contributed by atoms with Crippen LogP contribution in [0.2, 0.25) is 5.02 Å². The van der Waals surface area contributed by atoms with E-state index >= 15 is 0 Å². The number of alkyl halides is 2. The highest BCUT2D eigenvalue weighted by Gasteiger charge is 2.35. The number of H-pyrrole nitrogens is 1. The summed E-state index contributed by atoms with van der Waals surface area (Å²) in [6.45, 7) is 2.86. The van der Waals surface area contributed by atoms with E-state index in [0.29, 0.717) is 61.1 Å². The van der Waals surface area contributed by atoms with Crippen molar-refractivity contribution in [3.63, 3.8) is 0 Å². The van der Waals surface area contributed by atoms with Gasteiger partial charge >= 0.3 is 0 Å². The summed E-state index contributed by atoms with van der Waals surface area (Å²) < 4.78 is 29.7. The van der Waals surface area contributed by atoms with E-state index in [9.17, 15) is 13.6 Å². The Hall–Kier alpha value is -2.85. The molecule has 2 aromatic heterocycles. The number of likely N-dealkylation sites (tertiary alicyclic amines) is 1. The maximum atomic E-state index is 13.8. The van der Waals surface area contributed by atoms with Gasteiger partial charge in [-0.15, -0.1) is 0 Å². The number of piperidine rings is 1. The number of benzene rings is 1. The minimum atomic E-state index is -2.63. The smallest absolute Gasteiger partial charge is 0.272 e. The summed E-state index contributed by atoms with van der Waals surface area (Å²) in [4.78, 5) is 19.7. The average Bonchev–Trinajstić information content (AvgIpc) is 3.65. The molecule has 2 aliphatic rings. The van der Waals surface area contributed by atoms with Gasteiger partial charge in [0.05, 0.1) is 18.3 Å². The molecular formula is C28H36ClF2N7O. The van der Waals surface area contributed by atoms with Crippen molar-refractivity contribution in [2.45, 2.75) is 82.7 Å². The number of nitrogens with zero attached hydrogens (tertiary/aromatic N) is 5. The van der Waals surface area contributed by atoms with Crippen molar-refractivity contribution in [2.75, 3.05) is 19.6 Å². The Morgan fingerprint density at radius 1 is 1.26 bits per heavy atom. The number of amides is 1. The second-order valence-electron chi connectivity index (χ2n) is 10.9. The predicted octanol–water partition coefficient (Wildman–Crippen LogP) is 5.60. The molecule has 0 unspecified atom stereocenters. The van der Waals surface area contributed by atoms with Gasteiger partial charge in [-0.05, 0) is 64.3 Å². The van der Waals surface area contributed by atoms with Gasteiger partial charge in [0, 0.05) is 29.5 Å². The molecule has 39 heavy (non-hydrogen) atoms. The van der Waals surface area contributed by atoms with Gasteiger partial charge in [-0.1, -0.05) is 42.6 Å². The van der Waals surface area contributed by atoms with Crippen LogP contribution < -0.4 is 5.32 Å². The fourth-order valence-electron chi connectivity index (χ4n) is 5.79. The van der Waals surface area contributed by atoms with E-state index in [4.69, 9.17) is 16.7 Å². The Morgan fingerprint density at radius 2 is 2.05 bits per heavy atom. The van der Waals surface area contributed by atoms with E-state index in [1.807, 2.05) is 46.8 Å². The number of aromatic amines is 1. The Morgan fingerprint density at radius 3 is 2.77 bits per heavy atom. The van der Waals surface area contributed by atoms with Crippen LogP contribution in [0, 0.1) is 6.92 Å². The fraction of sp³-hybridized carbons (Fsp3) is 0.571. The average molecular weight is 560 g/mol. The van der Waals surface area contributed by atoms with Crippen LogP contribution in [0.3, 0.4) is 0 Å². The van der Waals surface area contributed by atoms with Crippen LogP contribution in [0.5, 0.6) is 0 Å². The summed E-state index contributed by atoms with van der Waals surface area (Å²) in [7, 11) is 0. The molecule has 1 amide bonds. The summed E-state index contributed by atoms with van der Waals surface area (Å²) in [5.74, 6) is -1.59. The Bertz CT molecular complexity index is 1270. The monoisotopic (exact) mass is 559 g/mol. The second-order valence-corrected chi connectivity index (χ2v) is 11.3. The van der Waals surface area contributed by atoms with Crippen molar-refractivity contribution in [1.82, 2.24) is 35.2 Å². The largest absolute Gasteiger partial charge is 0.347 e. The maximum absolute atomic E-state index is 13.8. The predicted molar refractivity (Wildman–Crippen MR) is 146 cm³/mol. The first kappa shape index (κ1) is 27.7. The lowest BCUT2D eigenvalue weighted by atomic mass is 10.0. The highest BCUT2D eigenvalue weighted by molar-refractivity contribution is 6.33. The standard InChI is InChI=1S/C28H36ClF2N7O/c1-19-32-26(35-34-19)16-20(8-6-14-37-15-7-13-28(30,31)18-37)33-27(39)24-17-25(22-11-4-5-12-23(22)29)38(36-24)21-9-2-3-10-21/h4-5,11-12,17,20-21H,2-3,6-10,13-16,18H2,1H3,(H,33,39)(H,32,34,35)/t20-/m0/s1. The third-order valence-corrected chi connectivity index (χ3v) is 8.02. The van der Waals surface area contributed by atoms with E-state index in [1.54, 1.807) is 0 Å². The van der Waals surface area contributed by atoms with E-state index in [2.05, 4.69) is 20.5 Å². The van der Waals surface area contributed by atoms with Gasteiger partial charge in [0.1, 0.15) is 5.82 Å². The number of carbonyl (C=O) groups excluding carboxylic acids is 1. The zero-order valence-electron chi connectivity index (χ0n) is 22.3. The van der Waals surface area contributed by atoms with Gasteiger partial charge in [-0.25, -0.2) is 13.8 Å². The highest BCUT2D eigenvalue weighted by atomic mass is 35.5. The summed E-state index contributed by atoms with van der Waals surface area (Å²) in [5, 5.41) is 15.6. The molecule has 1 aliphatic carbocycles. The topological polar surface area (TPSA) is 91.7 Å². The first-order valence-electron chi connectivity index (χ1n) is 13.9. The van der Waals surface area contributed by atoms with Crippen LogP contribution >= 0.6 is 11.6 Å². The molecular weight excluding hydrogens is 524 g/mol. The van der Waals surface area contributed by atoms with E-state index in [-0.39, 0.29) is 31.0 Å². The second kappa shape index (κ2) is 12.1. The molecule has 0 radical (unpaired) electrons. The number of hydrogen-bond acceptors (Lipinski definition) is 5. The molecule has 1 saturated carbocycles. The van der Waals surface area contributed by atoms with Gasteiger partial charge in [0.25, 0.3) is 11.8 Å². The van der Waals surface area contributed by atoms with Gasteiger partial charge in [-0.3, -0.25) is 19.5 Å². The normalized spacial score (nSPS) is 18.9. The van der Waals surface area contributed by atoms with Gasteiger partial charge in [0.2, 0.25) is 0 Å². The molecule has 2 N–H and O–H groups in total. The Labute approximate surface area is 232 Å². The van der Waals surface area contributed by atoms with E-state index in [0.717, 1.165) is 36.9 Å². The van der Waals surface area contributed by atoms with Crippen LogP contribution in [0.25, 0.3) is 11.3 Å². The molecule has 2 fully saturated rings. The number of rotatable bonds is 10. The van der Waals surface area contributed by atoms with Crippen LogP contribution in [-0.4, -0.2) is 67.4 Å². The van der Waals surface area contributed by atoms with Crippen molar-refractivity contribution in [3.05, 3.63) is 52.7 Å². The zero-order valence-corrected chi connectivity index (χ0v) is 23.1. The molecule has 3 heterocycles. The lowest BCUT2D eigenvalue weighted by molar-refractivity contribution is -0.0641. The number of halogens is 3. The summed E-state index contributed by atoms with van der Waals surface area (Å²) in [6, 6.07) is 9.39. The van der Waals surface area contributed by atoms with Crippen LogP contribution in [0.1, 0.15) is 79.5 Å². The number of aromatic nitrogens is 5. The van der Waals surface area contributed by atoms with Crippen LogP contribution in [-0.2, 0) is 6.42 Å². The molecule has 1 aliphatic heterocycles. The first-order chi connectivity index (χ1) is 18.8. The van der Waals surface area contributed by atoms with Crippen molar-refractivity contribution < 1.29 is 13.6 Å². The third-order valence-electron chi connectivity index (χ3n) is 7.70. The molecule has 3 aromatic rings. The molecule has 1 aromatic carbocycles. The zero-order chi connectivity index (χ0) is 27.4. The lowest BCUT2D eigenvalue weighted by Gasteiger charge is -2.32. The maximum Gasteiger partial charge on any atom is 0.272 e. The first-order valence-corrected chi connectivity index (χ1v) is 14.3. The van der Waals surface area contributed by atoms with Crippen LogP contribution in [0.4, 0.5) is 8.78 Å². The summed E-state index contributed by atoms with van der Waals surface area (Å²) >= 11 is 6.53. The van der Waals surface area contributed by atoms with Crippen molar-refractivity contribution in [1.29, 1.82) is 0 Å². The molecule has 0 spiro atoms. The van der Waals surface area contributed by atoms with Crippen molar-refractivity contribution in [2.24, 2.45) is 0 Å². The summed E-state index contributed by atoms with van der Waals surface area (Å²) in [5.41, 5.74) is 2.03. The summed E-state index contributed by atoms with van der Waals surface area (Å²) in [6.07, 6.45) is 6.48. The quantitative estimate of drug-likeness (QED) is 0.337. The molecule has 1 saturated heterocycles. The van der Waals surface area contributed by atoms with Crippen molar-refractivity contribution in [3.8, 4) is 11.3 Å². The van der Waals surface area contributed by atoms with Gasteiger partial charge < -0.3 is 5.32 Å². The van der Waals surface area contributed by atoms with Crippen LogP contribution in [0.15, 0.2) is 30.3 Å². The molecule has 210 valence electrons. The lowest BCUT2D eigenvalue weighted by Crippen LogP contribution is -2.43. The van der Waals surface area contributed by atoms with Crippen molar-refractivity contribution >= 4 is 17.5 Å². The highest BCUT2D eigenvalue weighted by Crippen LogP contribution is 2.36. The number of nitrogens with one attached hydrogen (secondary N) is 2. The Kier molecular flexibility index (Phi) is 8.61. The number of aryl methyl sites for hydroxylation is 1.